The van der Waals surface area contributed by atoms with Crippen molar-refractivity contribution in [2.75, 3.05) is 53.5 Å². The van der Waals surface area contributed by atoms with E-state index >= 15 is 0 Å². The summed E-state index contributed by atoms with van der Waals surface area (Å²) in [5.41, 5.74) is 5.96. The molecule has 2 atom stereocenters. The minimum atomic E-state index is 0. The summed E-state index contributed by atoms with van der Waals surface area (Å²) in [6.45, 7) is 12.4. The first kappa shape index (κ1) is 21.9. The topological polar surface area (TPSA) is 66.1 Å². The smallest absolute Gasteiger partial charge is 0.188 e. The van der Waals surface area contributed by atoms with Crippen LogP contribution in [0.1, 0.15) is 20.8 Å². The van der Waals surface area contributed by atoms with Crippen molar-refractivity contribution in [2.45, 2.75) is 32.9 Å². The number of piperazine rings is 1. The maximum Gasteiger partial charge on any atom is 0.188 e. The van der Waals surface area contributed by atoms with Crippen LogP contribution in [-0.4, -0.2) is 81.3 Å². The van der Waals surface area contributed by atoms with Crippen LogP contribution >= 0.6 is 24.0 Å². The Morgan fingerprint density at radius 3 is 2.32 bits per heavy atom. The molecule has 22 heavy (non-hydrogen) atoms. The minimum absolute atomic E-state index is 0. The summed E-state index contributed by atoms with van der Waals surface area (Å²) in [6, 6.07) is 0.636. The van der Waals surface area contributed by atoms with E-state index in [0.29, 0.717) is 24.5 Å². The molecule has 0 aliphatic carbocycles. The van der Waals surface area contributed by atoms with Crippen molar-refractivity contribution < 1.29 is 4.74 Å². The molecule has 0 bridgehead atoms. The summed E-state index contributed by atoms with van der Waals surface area (Å²) in [6.07, 6.45) is 0. The van der Waals surface area contributed by atoms with E-state index in [-0.39, 0.29) is 30.0 Å². The predicted molar refractivity (Wildman–Crippen MR) is 104 cm³/mol. The van der Waals surface area contributed by atoms with Gasteiger partial charge < -0.3 is 20.7 Å². The van der Waals surface area contributed by atoms with E-state index in [1.807, 2.05) is 6.92 Å². The molecule has 1 saturated heterocycles. The van der Waals surface area contributed by atoms with Gasteiger partial charge in [-0.3, -0.25) is 9.89 Å². The molecular formula is C15H34IN5O. The molecule has 0 radical (unpaired) electrons. The molecule has 0 saturated carbocycles. The summed E-state index contributed by atoms with van der Waals surface area (Å²) in [7, 11) is 3.87. The normalized spacial score (nSPS) is 20.5. The number of nitrogens with two attached hydrogens (primary N) is 1. The molecule has 7 heteroatoms. The van der Waals surface area contributed by atoms with Crippen molar-refractivity contribution in [1.29, 1.82) is 0 Å². The van der Waals surface area contributed by atoms with E-state index < -0.39 is 0 Å². The molecule has 1 rings (SSSR count). The number of halogens is 1. The highest BCUT2D eigenvalue weighted by atomic mass is 127. The van der Waals surface area contributed by atoms with Gasteiger partial charge in [-0.25, -0.2) is 0 Å². The number of aliphatic imine (C=N–C) groups is 1. The van der Waals surface area contributed by atoms with E-state index in [9.17, 15) is 0 Å². The highest BCUT2D eigenvalue weighted by Crippen LogP contribution is 2.13. The molecule has 0 spiro atoms. The van der Waals surface area contributed by atoms with Crippen molar-refractivity contribution >= 4 is 29.9 Å². The average Bonchev–Trinajstić information content (AvgIpc) is 2.40. The van der Waals surface area contributed by atoms with E-state index in [0.717, 1.165) is 32.7 Å². The second-order valence-electron chi connectivity index (χ2n) is 6.38. The number of nitrogens with zero attached hydrogens (tertiary/aromatic N) is 3. The van der Waals surface area contributed by atoms with Crippen LogP contribution in [0.5, 0.6) is 0 Å². The van der Waals surface area contributed by atoms with E-state index in [4.69, 9.17) is 10.5 Å². The third kappa shape index (κ3) is 7.94. The van der Waals surface area contributed by atoms with Crippen molar-refractivity contribution in [3.63, 3.8) is 0 Å². The summed E-state index contributed by atoms with van der Waals surface area (Å²) in [4.78, 5) is 9.45. The van der Waals surface area contributed by atoms with E-state index in [2.05, 4.69) is 41.0 Å². The van der Waals surface area contributed by atoms with Gasteiger partial charge in [0.15, 0.2) is 5.96 Å². The number of likely N-dealkylation sites (N-methyl/N-ethyl adjacent to an activating group) is 1. The van der Waals surface area contributed by atoms with Crippen LogP contribution in [-0.2, 0) is 4.74 Å². The fourth-order valence-corrected chi connectivity index (χ4v) is 2.68. The zero-order chi connectivity index (χ0) is 15.8. The summed E-state index contributed by atoms with van der Waals surface area (Å²) < 4.78 is 5.09. The van der Waals surface area contributed by atoms with Crippen LogP contribution in [0.25, 0.3) is 0 Å². The molecule has 1 aliphatic rings. The molecule has 3 N–H and O–H groups in total. The van der Waals surface area contributed by atoms with Crippen molar-refractivity contribution in [2.24, 2.45) is 16.6 Å². The highest BCUT2D eigenvalue weighted by molar-refractivity contribution is 14.0. The summed E-state index contributed by atoms with van der Waals surface area (Å²) in [5, 5.41) is 3.16. The number of hydrogen-bond acceptors (Lipinski definition) is 4. The Kier molecular flexibility index (Phi) is 11.4. The number of hydrogen-bond donors (Lipinski definition) is 2. The second kappa shape index (κ2) is 11.4. The van der Waals surface area contributed by atoms with Gasteiger partial charge in [-0.1, -0.05) is 13.8 Å². The Labute approximate surface area is 152 Å². The van der Waals surface area contributed by atoms with Crippen molar-refractivity contribution in [1.82, 2.24) is 15.1 Å². The van der Waals surface area contributed by atoms with Gasteiger partial charge >= 0.3 is 0 Å². The van der Waals surface area contributed by atoms with E-state index in [1.165, 1.54) is 0 Å². The molecule has 132 valence electrons. The number of guanidine groups is 1. The first-order chi connectivity index (χ1) is 9.93. The maximum absolute atomic E-state index is 5.96. The zero-order valence-corrected chi connectivity index (χ0v) is 17.0. The number of methoxy groups -OCH3 is 1. The number of nitrogens with one attached hydrogen (secondary N) is 1. The number of ether oxygens (including phenoxy) is 1. The Hall–Kier alpha value is -0.120. The highest BCUT2D eigenvalue weighted by Gasteiger charge is 2.24. The lowest BCUT2D eigenvalue weighted by atomic mass is 10.0. The zero-order valence-electron chi connectivity index (χ0n) is 14.7. The molecule has 0 aromatic carbocycles. The summed E-state index contributed by atoms with van der Waals surface area (Å²) in [5.74, 6) is 1.08. The molecule has 1 heterocycles. The van der Waals surface area contributed by atoms with E-state index in [1.54, 1.807) is 7.11 Å². The van der Waals surface area contributed by atoms with Crippen molar-refractivity contribution in [3.8, 4) is 0 Å². The Morgan fingerprint density at radius 2 is 1.82 bits per heavy atom. The molecule has 6 nitrogen and oxygen atoms in total. The average molecular weight is 427 g/mol. The van der Waals surface area contributed by atoms with Crippen LogP contribution in [0.4, 0.5) is 0 Å². The molecule has 0 amide bonds. The van der Waals surface area contributed by atoms with Gasteiger partial charge in [0.05, 0.1) is 13.2 Å². The lowest BCUT2D eigenvalue weighted by molar-refractivity contribution is 0.0925. The monoisotopic (exact) mass is 427 g/mol. The first-order valence-corrected chi connectivity index (χ1v) is 7.92. The van der Waals surface area contributed by atoms with Gasteiger partial charge in [-0.15, -0.1) is 24.0 Å². The third-order valence-corrected chi connectivity index (χ3v) is 4.04. The van der Waals surface area contributed by atoms with Crippen LogP contribution in [0, 0.1) is 5.92 Å². The lowest BCUT2D eigenvalue weighted by Crippen LogP contribution is -2.52. The quantitative estimate of drug-likeness (QED) is 0.358. The molecule has 0 aromatic heterocycles. The van der Waals surface area contributed by atoms with Crippen molar-refractivity contribution in [3.05, 3.63) is 0 Å². The standard InChI is InChI=1S/C15H33N5O.HI/c1-12(2)14(20-8-6-19(4)7-9-20)10-17-15(16)18-13(3)11-21-5;/h12-14H,6-11H2,1-5H3,(H3,16,17,18);1H. The van der Waals surface area contributed by atoms with Crippen LogP contribution in [0.15, 0.2) is 4.99 Å². The maximum atomic E-state index is 5.96. The SMILES string of the molecule is COCC(C)NC(N)=NCC(C(C)C)N1CCN(C)CC1.I. The molecular weight excluding hydrogens is 393 g/mol. The van der Waals surface area contributed by atoms with Crippen LogP contribution in [0.3, 0.4) is 0 Å². The minimum Gasteiger partial charge on any atom is -0.383 e. The largest absolute Gasteiger partial charge is 0.383 e. The molecule has 2 unspecified atom stereocenters. The van der Waals surface area contributed by atoms with Gasteiger partial charge in [0, 0.05) is 45.4 Å². The third-order valence-electron chi connectivity index (χ3n) is 4.04. The summed E-state index contributed by atoms with van der Waals surface area (Å²) >= 11 is 0. The van der Waals surface area contributed by atoms with Gasteiger partial charge in [0.25, 0.3) is 0 Å². The molecule has 0 aromatic rings. The van der Waals surface area contributed by atoms with Crippen LogP contribution in [0.2, 0.25) is 0 Å². The molecule has 1 fully saturated rings. The van der Waals surface area contributed by atoms with Gasteiger partial charge in [-0.05, 0) is 19.9 Å². The Balaban J connectivity index is 0.00000441. The van der Waals surface area contributed by atoms with Crippen LogP contribution < -0.4 is 11.1 Å². The van der Waals surface area contributed by atoms with Gasteiger partial charge in [0.1, 0.15) is 0 Å². The first-order valence-electron chi connectivity index (χ1n) is 7.92. The predicted octanol–water partition coefficient (Wildman–Crippen LogP) is 0.816. The second-order valence-corrected chi connectivity index (χ2v) is 6.38. The lowest BCUT2D eigenvalue weighted by Gasteiger charge is -2.39. The fourth-order valence-electron chi connectivity index (χ4n) is 2.68. The van der Waals surface area contributed by atoms with Gasteiger partial charge in [0.2, 0.25) is 0 Å². The molecule has 1 aliphatic heterocycles. The Morgan fingerprint density at radius 1 is 1.23 bits per heavy atom. The fraction of sp³-hybridized carbons (Fsp3) is 0.933. The Bertz CT molecular complexity index is 319. The number of rotatable bonds is 7. The van der Waals surface area contributed by atoms with Gasteiger partial charge in [-0.2, -0.15) is 0 Å².